The van der Waals surface area contributed by atoms with Crippen LogP contribution in [0.25, 0.3) is 0 Å². The van der Waals surface area contributed by atoms with Crippen molar-refractivity contribution < 1.29 is 9.66 Å². The lowest BCUT2D eigenvalue weighted by molar-refractivity contribution is -0.385. The zero-order chi connectivity index (χ0) is 14.5. The number of benzene rings is 2. The van der Waals surface area contributed by atoms with Crippen LogP contribution in [-0.4, -0.2) is 4.92 Å². The summed E-state index contributed by atoms with van der Waals surface area (Å²) < 4.78 is 5.67. The fourth-order valence-corrected chi connectivity index (χ4v) is 2.13. The Morgan fingerprint density at radius 3 is 2.65 bits per heavy atom. The zero-order valence-electron chi connectivity index (χ0n) is 11.0. The zero-order valence-corrected chi connectivity index (χ0v) is 11.8. The SMILES string of the molecule is Cc1ccc(OCc2ccccc2[N+](=O)[O-])c(CCl)c1. The van der Waals surface area contributed by atoms with Gasteiger partial charge in [0.05, 0.1) is 16.4 Å². The van der Waals surface area contributed by atoms with E-state index in [1.54, 1.807) is 18.2 Å². The van der Waals surface area contributed by atoms with Crippen LogP contribution >= 0.6 is 11.6 Å². The summed E-state index contributed by atoms with van der Waals surface area (Å²) in [6, 6.07) is 12.2. The van der Waals surface area contributed by atoms with E-state index in [2.05, 4.69) is 0 Å². The van der Waals surface area contributed by atoms with Crippen LogP contribution in [0.3, 0.4) is 0 Å². The minimum absolute atomic E-state index is 0.0621. The molecule has 4 nitrogen and oxygen atoms in total. The van der Waals surface area contributed by atoms with Crippen LogP contribution < -0.4 is 4.74 Å². The predicted octanol–water partition coefficient (Wildman–Crippen LogP) is 4.22. The predicted molar refractivity (Wildman–Crippen MR) is 78.2 cm³/mol. The Kier molecular flexibility index (Phi) is 4.58. The van der Waals surface area contributed by atoms with Gasteiger partial charge in [0.25, 0.3) is 5.69 Å². The van der Waals surface area contributed by atoms with E-state index in [0.29, 0.717) is 17.2 Å². The van der Waals surface area contributed by atoms with Gasteiger partial charge in [-0.3, -0.25) is 10.1 Å². The average Bonchev–Trinajstić information content (AvgIpc) is 2.46. The summed E-state index contributed by atoms with van der Waals surface area (Å²) in [5.74, 6) is 0.997. The number of aryl methyl sites for hydroxylation is 1. The second-order valence-electron chi connectivity index (χ2n) is 4.42. The van der Waals surface area contributed by atoms with Crippen LogP contribution in [0.5, 0.6) is 5.75 Å². The molecule has 0 bridgehead atoms. The Balaban J connectivity index is 2.19. The second kappa shape index (κ2) is 6.39. The molecule has 0 saturated carbocycles. The van der Waals surface area contributed by atoms with Crippen molar-refractivity contribution in [1.82, 2.24) is 0 Å². The van der Waals surface area contributed by atoms with Gasteiger partial charge in [0.2, 0.25) is 0 Å². The number of hydrogen-bond acceptors (Lipinski definition) is 3. The number of ether oxygens (including phenoxy) is 1. The molecular formula is C15H14ClNO3. The summed E-state index contributed by atoms with van der Waals surface area (Å²) in [4.78, 5) is 10.5. The summed E-state index contributed by atoms with van der Waals surface area (Å²) >= 11 is 5.88. The summed E-state index contributed by atoms with van der Waals surface area (Å²) in [7, 11) is 0. The van der Waals surface area contributed by atoms with E-state index in [-0.39, 0.29) is 12.3 Å². The number of rotatable bonds is 5. The number of nitro benzene ring substituents is 1. The Morgan fingerprint density at radius 2 is 1.95 bits per heavy atom. The van der Waals surface area contributed by atoms with Gasteiger partial charge in [0.1, 0.15) is 12.4 Å². The van der Waals surface area contributed by atoms with Gasteiger partial charge in [0.15, 0.2) is 0 Å². The van der Waals surface area contributed by atoms with E-state index < -0.39 is 4.92 Å². The molecule has 0 saturated heterocycles. The summed E-state index contributed by atoms with van der Waals surface area (Å²) in [5.41, 5.74) is 2.58. The molecule has 20 heavy (non-hydrogen) atoms. The van der Waals surface area contributed by atoms with E-state index >= 15 is 0 Å². The average molecular weight is 292 g/mol. The van der Waals surface area contributed by atoms with Gasteiger partial charge in [-0.15, -0.1) is 11.6 Å². The van der Waals surface area contributed by atoms with Crippen molar-refractivity contribution in [2.24, 2.45) is 0 Å². The van der Waals surface area contributed by atoms with Crippen molar-refractivity contribution in [1.29, 1.82) is 0 Å². The Labute approximate surface area is 122 Å². The molecule has 0 heterocycles. The van der Waals surface area contributed by atoms with Crippen molar-refractivity contribution >= 4 is 17.3 Å². The smallest absolute Gasteiger partial charge is 0.276 e. The van der Waals surface area contributed by atoms with Crippen LogP contribution in [0.4, 0.5) is 5.69 Å². The molecule has 0 aliphatic heterocycles. The quantitative estimate of drug-likeness (QED) is 0.471. The molecule has 0 N–H and O–H groups in total. The molecule has 2 aromatic carbocycles. The van der Waals surface area contributed by atoms with Gasteiger partial charge >= 0.3 is 0 Å². The van der Waals surface area contributed by atoms with Gasteiger partial charge in [0, 0.05) is 11.6 Å². The number of alkyl halides is 1. The number of nitrogens with zero attached hydrogens (tertiary/aromatic N) is 1. The molecule has 0 spiro atoms. The first kappa shape index (κ1) is 14.3. The van der Waals surface area contributed by atoms with E-state index in [1.165, 1.54) is 6.07 Å². The van der Waals surface area contributed by atoms with Crippen LogP contribution in [0.15, 0.2) is 42.5 Å². The monoisotopic (exact) mass is 291 g/mol. The van der Waals surface area contributed by atoms with E-state index in [4.69, 9.17) is 16.3 Å². The molecule has 2 aromatic rings. The summed E-state index contributed by atoms with van der Waals surface area (Å²) in [6.45, 7) is 2.12. The molecule has 0 amide bonds. The second-order valence-corrected chi connectivity index (χ2v) is 4.69. The van der Waals surface area contributed by atoms with Crippen molar-refractivity contribution in [2.45, 2.75) is 19.4 Å². The highest BCUT2D eigenvalue weighted by Gasteiger charge is 2.13. The maximum absolute atomic E-state index is 10.9. The Bertz CT molecular complexity index is 628. The molecule has 0 atom stereocenters. The van der Waals surface area contributed by atoms with Crippen LogP contribution in [0.1, 0.15) is 16.7 Å². The highest BCUT2D eigenvalue weighted by atomic mass is 35.5. The van der Waals surface area contributed by atoms with Crippen molar-refractivity contribution in [2.75, 3.05) is 0 Å². The van der Waals surface area contributed by atoms with E-state index in [9.17, 15) is 10.1 Å². The minimum atomic E-state index is -0.406. The number of nitro groups is 1. The first-order valence-corrected chi connectivity index (χ1v) is 6.66. The Morgan fingerprint density at radius 1 is 1.20 bits per heavy atom. The third-order valence-electron chi connectivity index (χ3n) is 2.93. The lowest BCUT2D eigenvalue weighted by Gasteiger charge is -2.11. The third kappa shape index (κ3) is 3.27. The lowest BCUT2D eigenvalue weighted by Crippen LogP contribution is -2.01. The van der Waals surface area contributed by atoms with Gasteiger partial charge in [-0.2, -0.15) is 0 Å². The molecule has 0 fully saturated rings. The summed E-state index contributed by atoms with van der Waals surface area (Å²) in [6.07, 6.45) is 0. The third-order valence-corrected chi connectivity index (χ3v) is 3.22. The molecule has 104 valence electrons. The fraction of sp³-hybridized carbons (Fsp3) is 0.200. The van der Waals surface area contributed by atoms with E-state index in [1.807, 2.05) is 25.1 Å². The van der Waals surface area contributed by atoms with Crippen LogP contribution in [0, 0.1) is 17.0 Å². The molecular weight excluding hydrogens is 278 g/mol. The highest BCUT2D eigenvalue weighted by molar-refractivity contribution is 6.17. The van der Waals surface area contributed by atoms with Gasteiger partial charge < -0.3 is 4.74 Å². The molecule has 5 heteroatoms. The van der Waals surface area contributed by atoms with Gasteiger partial charge in [-0.05, 0) is 19.1 Å². The van der Waals surface area contributed by atoms with Crippen molar-refractivity contribution in [3.05, 3.63) is 69.3 Å². The van der Waals surface area contributed by atoms with Crippen LogP contribution in [0.2, 0.25) is 0 Å². The van der Waals surface area contributed by atoms with E-state index in [0.717, 1.165) is 11.1 Å². The van der Waals surface area contributed by atoms with Crippen LogP contribution in [-0.2, 0) is 12.5 Å². The molecule has 0 unspecified atom stereocenters. The number of para-hydroxylation sites is 1. The summed E-state index contributed by atoms with van der Waals surface area (Å²) in [5, 5.41) is 10.9. The van der Waals surface area contributed by atoms with Crippen molar-refractivity contribution in [3.8, 4) is 5.75 Å². The van der Waals surface area contributed by atoms with Gasteiger partial charge in [-0.25, -0.2) is 0 Å². The van der Waals surface area contributed by atoms with Crippen molar-refractivity contribution in [3.63, 3.8) is 0 Å². The number of hydrogen-bond donors (Lipinski definition) is 0. The lowest BCUT2D eigenvalue weighted by atomic mass is 10.1. The first-order chi connectivity index (χ1) is 9.61. The molecule has 2 rings (SSSR count). The molecule has 0 radical (unpaired) electrons. The molecule has 0 aliphatic rings. The molecule has 0 aromatic heterocycles. The highest BCUT2D eigenvalue weighted by Crippen LogP contribution is 2.25. The fourth-order valence-electron chi connectivity index (χ4n) is 1.92. The Hall–Kier alpha value is -2.07. The normalized spacial score (nSPS) is 10.3. The maximum Gasteiger partial charge on any atom is 0.276 e. The first-order valence-electron chi connectivity index (χ1n) is 6.12. The standard InChI is InChI=1S/C15H14ClNO3/c1-11-6-7-15(13(8-11)9-16)20-10-12-4-2-3-5-14(12)17(18)19/h2-8H,9-10H2,1H3. The topological polar surface area (TPSA) is 52.4 Å². The molecule has 0 aliphatic carbocycles. The largest absolute Gasteiger partial charge is 0.488 e. The van der Waals surface area contributed by atoms with Gasteiger partial charge in [-0.1, -0.05) is 29.8 Å². The minimum Gasteiger partial charge on any atom is -0.488 e. The maximum atomic E-state index is 10.9. The number of halogens is 1.